The molecule has 0 bridgehead atoms. The molecule has 0 unspecified atom stereocenters. The van der Waals surface area contributed by atoms with Gasteiger partial charge in [0.15, 0.2) is 0 Å². The first-order chi connectivity index (χ1) is 13.9. The number of hydrogen-bond acceptors (Lipinski definition) is 3. The first-order valence-corrected chi connectivity index (χ1v) is 9.63. The van der Waals surface area contributed by atoms with Crippen molar-refractivity contribution in [1.29, 1.82) is 0 Å². The minimum Gasteiger partial charge on any atom is -0.496 e. The molecular weight excluding hydrogens is 362 g/mol. The Morgan fingerprint density at radius 3 is 2.41 bits per heavy atom. The molecule has 0 heterocycles. The molecule has 0 aliphatic rings. The highest BCUT2D eigenvalue weighted by atomic mass is 16.5. The van der Waals surface area contributed by atoms with Gasteiger partial charge in [0.05, 0.1) is 7.11 Å². The third kappa shape index (κ3) is 4.96. The summed E-state index contributed by atoms with van der Waals surface area (Å²) in [5.41, 5.74) is 6.71. The normalized spacial score (nSPS) is 10.5. The third-order valence-corrected chi connectivity index (χ3v) is 4.97. The van der Waals surface area contributed by atoms with Gasteiger partial charge in [-0.05, 0) is 86.3 Å². The van der Waals surface area contributed by atoms with Crippen LogP contribution in [0.25, 0.3) is 0 Å². The Morgan fingerprint density at radius 2 is 1.69 bits per heavy atom. The first-order valence-electron chi connectivity index (χ1n) is 9.63. The lowest BCUT2D eigenvalue weighted by molar-refractivity contribution is 0.102. The van der Waals surface area contributed by atoms with Gasteiger partial charge < -0.3 is 14.8 Å². The van der Waals surface area contributed by atoms with Crippen molar-refractivity contribution in [3.8, 4) is 11.5 Å². The number of methoxy groups -OCH3 is 1. The number of hydrogen-bond donors (Lipinski definition) is 1. The fourth-order valence-corrected chi connectivity index (χ4v) is 3.26. The summed E-state index contributed by atoms with van der Waals surface area (Å²) in [6.07, 6.45) is 0. The zero-order valence-corrected chi connectivity index (χ0v) is 17.6. The van der Waals surface area contributed by atoms with Crippen LogP contribution in [0.1, 0.15) is 38.2 Å². The van der Waals surface area contributed by atoms with Crippen LogP contribution >= 0.6 is 0 Å². The Kier molecular flexibility index (Phi) is 6.23. The monoisotopic (exact) mass is 389 g/mol. The maximum absolute atomic E-state index is 12.7. The lowest BCUT2D eigenvalue weighted by atomic mass is 10.1. The minimum absolute atomic E-state index is 0.165. The Hall–Kier alpha value is -3.27. The van der Waals surface area contributed by atoms with E-state index in [4.69, 9.17) is 9.47 Å². The molecular formula is C25H27NO3. The molecule has 150 valence electrons. The molecule has 0 aromatic heterocycles. The zero-order chi connectivity index (χ0) is 21.0. The predicted octanol–water partition coefficient (Wildman–Crippen LogP) is 5.76. The predicted molar refractivity (Wildman–Crippen MR) is 117 cm³/mol. The van der Waals surface area contributed by atoms with Crippen LogP contribution in [0.2, 0.25) is 0 Å². The molecule has 0 radical (unpaired) electrons. The highest BCUT2D eigenvalue weighted by molar-refractivity contribution is 6.04. The number of nitrogens with one attached hydrogen (secondary N) is 1. The Bertz CT molecular complexity index is 1040. The Balaban J connectivity index is 1.81. The summed E-state index contributed by atoms with van der Waals surface area (Å²) in [7, 11) is 1.62. The molecule has 0 saturated carbocycles. The fourth-order valence-electron chi connectivity index (χ4n) is 3.26. The van der Waals surface area contributed by atoms with Crippen molar-refractivity contribution in [2.24, 2.45) is 0 Å². The summed E-state index contributed by atoms with van der Waals surface area (Å²) in [5, 5.41) is 2.94. The van der Waals surface area contributed by atoms with Gasteiger partial charge in [0.25, 0.3) is 5.91 Å². The summed E-state index contributed by atoms with van der Waals surface area (Å²) in [5.74, 6) is 1.38. The van der Waals surface area contributed by atoms with E-state index in [1.54, 1.807) is 19.2 Å². The van der Waals surface area contributed by atoms with Crippen molar-refractivity contribution in [2.75, 3.05) is 12.4 Å². The molecule has 29 heavy (non-hydrogen) atoms. The van der Waals surface area contributed by atoms with Gasteiger partial charge in [-0.2, -0.15) is 0 Å². The average molecular weight is 389 g/mol. The van der Waals surface area contributed by atoms with E-state index in [1.165, 1.54) is 5.56 Å². The van der Waals surface area contributed by atoms with Crippen LogP contribution in [-0.4, -0.2) is 13.0 Å². The molecule has 0 aliphatic carbocycles. The number of benzene rings is 3. The van der Waals surface area contributed by atoms with Crippen LogP contribution in [0.15, 0.2) is 54.6 Å². The number of rotatable bonds is 6. The van der Waals surface area contributed by atoms with E-state index < -0.39 is 0 Å². The van der Waals surface area contributed by atoms with Crippen LogP contribution in [-0.2, 0) is 6.61 Å². The Labute approximate surface area is 172 Å². The summed E-state index contributed by atoms with van der Waals surface area (Å²) in [6.45, 7) is 8.49. The summed E-state index contributed by atoms with van der Waals surface area (Å²) < 4.78 is 11.6. The lowest BCUT2D eigenvalue weighted by Crippen LogP contribution is -2.13. The van der Waals surface area contributed by atoms with Gasteiger partial charge in [0.1, 0.15) is 18.1 Å². The molecule has 0 spiro atoms. The van der Waals surface area contributed by atoms with Gasteiger partial charge in [-0.25, -0.2) is 0 Å². The quantitative estimate of drug-likeness (QED) is 0.583. The van der Waals surface area contributed by atoms with E-state index in [0.29, 0.717) is 17.9 Å². The van der Waals surface area contributed by atoms with E-state index in [9.17, 15) is 4.79 Å². The van der Waals surface area contributed by atoms with Gasteiger partial charge in [0.2, 0.25) is 0 Å². The van der Waals surface area contributed by atoms with Crippen molar-refractivity contribution < 1.29 is 14.3 Å². The van der Waals surface area contributed by atoms with Gasteiger partial charge in [-0.15, -0.1) is 0 Å². The molecule has 3 aromatic carbocycles. The van der Waals surface area contributed by atoms with Crippen LogP contribution in [0, 0.1) is 27.7 Å². The van der Waals surface area contributed by atoms with E-state index in [0.717, 1.165) is 33.7 Å². The van der Waals surface area contributed by atoms with Crippen LogP contribution in [0.5, 0.6) is 11.5 Å². The van der Waals surface area contributed by atoms with Crippen molar-refractivity contribution in [3.05, 3.63) is 88.0 Å². The molecule has 1 N–H and O–H groups in total. The van der Waals surface area contributed by atoms with Crippen LogP contribution in [0.3, 0.4) is 0 Å². The number of anilines is 1. The second-order valence-corrected chi connectivity index (χ2v) is 7.34. The smallest absolute Gasteiger partial charge is 0.255 e. The van der Waals surface area contributed by atoms with Gasteiger partial charge in [0, 0.05) is 16.8 Å². The van der Waals surface area contributed by atoms with Crippen molar-refractivity contribution in [2.45, 2.75) is 34.3 Å². The Morgan fingerprint density at radius 1 is 0.897 bits per heavy atom. The van der Waals surface area contributed by atoms with E-state index in [-0.39, 0.29) is 5.91 Å². The number of amides is 1. The number of aryl methyl sites for hydroxylation is 3. The largest absolute Gasteiger partial charge is 0.496 e. The van der Waals surface area contributed by atoms with E-state index >= 15 is 0 Å². The average Bonchev–Trinajstić information content (AvgIpc) is 2.69. The molecule has 4 nitrogen and oxygen atoms in total. The van der Waals surface area contributed by atoms with Crippen molar-refractivity contribution >= 4 is 11.6 Å². The maximum Gasteiger partial charge on any atom is 0.255 e. The van der Waals surface area contributed by atoms with E-state index in [1.807, 2.05) is 50.2 Å². The third-order valence-electron chi connectivity index (χ3n) is 4.97. The second-order valence-electron chi connectivity index (χ2n) is 7.34. The lowest BCUT2D eigenvalue weighted by Gasteiger charge is -2.15. The first kappa shape index (κ1) is 20.5. The van der Waals surface area contributed by atoms with Crippen molar-refractivity contribution in [3.63, 3.8) is 0 Å². The summed E-state index contributed by atoms with van der Waals surface area (Å²) in [4.78, 5) is 12.7. The van der Waals surface area contributed by atoms with E-state index in [2.05, 4.69) is 25.2 Å². The van der Waals surface area contributed by atoms with Gasteiger partial charge in [-0.1, -0.05) is 18.2 Å². The van der Waals surface area contributed by atoms with Crippen molar-refractivity contribution in [1.82, 2.24) is 0 Å². The standard InChI is InChI=1S/C25H27NO3/c1-16-7-6-8-22(12-16)26-25(27)20-9-10-23(28-5)21(14-20)15-29-24-13-17(2)11-18(3)19(24)4/h6-14H,15H2,1-5H3,(H,26,27). The maximum atomic E-state index is 12.7. The summed E-state index contributed by atoms with van der Waals surface area (Å²) >= 11 is 0. The van der Waals surface area contributed by atoms with Gasteiger partial charge >= 0.3 is 0 Å². The molecule has 0 saturated heterocycles. The van der Waals surface area contributed by atoms with Crippen LogP contribution in [0.4, 0.5) is 5.69 Å². The topological polar surface area (TPSA) is 47.6 Å². The highest BCUT2D eigenvalue weighted by Crippen LogP contribution is 2.27. The molecule has 3 rings (SSSR count). The SMILES string of the molecule is COc1ccc(C(=O)Nc2cccc(C)c2)cc1COc1cc(C)cc(C)c1C. The highest BCUT2D eigenvalue weighted by Gasteiger charge is 2.12. The minimum atomic E-state index is -0.165. The molecule has 0 aliphatic heterocycles. The number of ether oxygens (including phenoxy) is 2. The molecule has 1 amide bonds. The fraction of sp³-hybridized carbons (Fsp3) is 0.240. The zero-order valence-electron chi connectivity index (χ0n) is 17.6. The number of carbonyl (C=O) groups is 1. The molecule has 3 aromatic rings. The number of carbonyl (C=O) groups excluding carboxylic acids is 1. The molecule has 0 fully saturated rings. The molecule has 0 atom stereocenters. The van der Waals surface area contributed by atoms with Gasteiger partial charge in [-0.3, -0.25) is 4.79 Å². The second kappa shape index (κ2) is 8.82. The van der Waals surface area contributed by atoms with Crippen LogP contribution < -0.4 is 14.8 Å². The summed E-state index contributed by atoms with van der Waals surface area (Å²) in [6, 6.07) is 17.3. The molecule has 4 heteroatoms.